The van der Waals surface area contributed by atoms with Crippen molar-refractivity contribution in [3.05, 3.63) is 42.5 Å². The average Bonchev–Trinajstić information content (AvgIpc) is 3.57. The second-order valence-corrected chi connectivity index (χ2v) is 8.52. The Hall–Kier alpha value is -4.13. The number of rotatable bonds is 8. The first-order chi connectivity index (χ1) is 16.2. The maximum atomic E-state index is 12.7. The monoisotopic (exact) mass is 467 g/mol. The van der Waals surface area contributed by atoms with Crippen LogP contribution in [-0.2, 0) is 7.05 Å². The number of amides is 2. The van der Waals surface area contributed by atoms with Gasteiger partial charge in [0.05, 0.1) is 47.5 Å². The minimum Gasteiger partial charge on any atom is -0.389 e. The van der Waals surface area contributed by atoms with Crippen LogP contribution in [0.2, 0.25) is 0 Å². The molecule has 0 radical (unpaired) electrons. The van der Waals surface area contributed by atoms with Crippen LogP contribution in [0, 0.1) is 0 Å². The van der Waals surface area contributed by atoms with Gasteiger partial charge in [0.15, 0.2) is 5.82 Å². The van der Waals surface area contributed by atoms with E-state index >= 15 is 0 Å². The molecule has 1 saturated carbocycles. The minimum absolute atomic E-state index is 0.0165. The summed E-state index contributed by atoms with van der Waals surface area (Å²) in [5.41, 5.74) is 0.404. The van der Waals surface area contributed by atoms with Crippen molar-refractivity contribution in [2.45, 2.75) is 38.2 Å². The van der Waals surface area contributed by atoms with Crippen LogP contribution >= 0.6 is 0 Å². The van der Waals surface area contributed by atoms with Crippen LogP contribution in [0.4, 0.5) is 22.0 Å². The Kier molecular flexibility index (Phi) is 6.36. The number of anilines is 3. The zero-order valence-electron chi connectivity index (χ0n) is 18.9. The minimum atomic E-state index is -1.10. The summed E-state index contributed by atoms with van der Waals surface area (Å²) in [5.74, 6) is -0.0397. The van der Waals surface area contributed by atoms with E-state index < -0.39 is 17.6 Å². The van der Waals surface area contributed by atoms with Gasteiger partial charge in [-0.25, -0.2) is 24.7 Å². The molecule has 0 bridgehead atoms. The lowest BCUT2D eigenvalue weighted by Crippen LogP contribution is -2.39. The van der Waals surface area contributed by atoms with Crippen LogP contribution in [-0.4, -0.2) is 59.0 Å². The Labute approximate surface area is 195 Å². The molecular formula is C21H25N9O4. The zero-order chi connectivity index (χ0) is 24.3. The SMILES string of the molecule is Cn1ncc(NC(=O)Oc2nc(C3CC3)cnc2Nc2cncnc2)c1C(=O)NCC(C)(C)O. The Morgan fingerprint density at radius 3 is 2.62 bits per heavy atom. The van der Waals surface area contributed by atoms with E-state index in [1.165, 1.54) is 17.2 Å². The van der Waals surface area contributed by atoms with Gasteiger partial charge in [0, 0.05) is 19.5 Å². The molecule has 178 valence electrons. The highest BCUT2D eigenvalue weighted by Gasteiger charge is 2.28. The van der Waals surface area contributed by atoms with E-state index in [2.05, 4.69) is 41.0 Å². The van der Waals surface area contributed by atoms with Crippen molar-refractivity contribution in [3.63, 3.8) is 0 Å². The first-order valence-corrected chi connectivity index (χ1v) is 10.6. The molecule has 0 saturated heterocycles. The Bertz CT molecular complexity index is 1190. The first-order valence-electron chi connectivity index (χ1n) is 10.6. The van der Waals surface area contributed by atoms with Crippen LogP contribution in [0.1, 0.15) is 48.8 Å². The fourth-order valence-corrected chi connectivity index (χ4v) is 3.02. The highest BCUT2D eigenvalue weighted by Crippen LogP contribution is 2.40. The second-order valence-electron chi connectivity index (χ2n) is 8.52. The number of ether oxygens (including phenoxy) is 1. The van der Waals surface area contributed by atoms with Crippen molar-refractivity contribution in [1.82, 2.24) is 35.0 Å². The van der Waals surface area contributed by atoms with Gasteiger partial charge in [0.2, 0.25) is 0 Å². The zero-order valence-corrected chi connectivity index (χ0v) is 18.9. The van der Waals surface area contributed by atoms with E-state index in [4.69, 9.17) is 4.74 Å². The molecule has 3 aromatic rings. The lowest BCUT2D eigenvalue weighted by Gasteiger charge is -2.18. The number of aromatic nitrogens is 6. The first kappa shape index (κ1) is 23.0. The molecule has 13 nitrogen and oxygen atoms in total. The summed E-state index contributed by atoms with van der Waals surface area (Å²) < 4.78 is 6.77. The number of carbonyl (C=O) groups is 2. The number of hydrogen-bond acceptors (Lipinski definition) is 10. The molecule has 1 fully saturated rings. The van der Waals surface area contributed by atoms with E-state index in [1.807, 2.05) is 0 Å². The molecule has 4 N–H and O–H groups in total. The van der Waals surface area contributed by atoms with Gasteiger partial charge in [0.1, 0.15) is 12.0 Å². The van der Waals surface area contributed by atoms with Gasteiger partial charge < -0.3 is 20.5 Å². The van der Waals surface area contributed by atoms with E-state index in [-0.39, 0.29) is 35.5 Å². The maximum absolute atomic E-state index is 12.7. The van der Waals surface area contributed by atoms with E-state index in [1.54, 1.807) is 39.5 Å². The number of hydrogen-bond donors (Lipinski definition) is 4. The van der Waals surface area contributed by atoms with Crippen LogP contribution in [0.25, 0.3) is 0 Å². The number of aryl methyl sites for hydroxylation is 1. The summed E-state index contributed by atoms with van der Waals surface area (Å²) in [6.07, 6.45) is 8.56. The second kappa shape index (κ2) is 9.39. The fourth-order valence-electron chi connectivity index (χ4n) is 3.02. The molecule has 0 unspecified atom stereocenters. The van der Waals surface area contributed by atoms with Gasteiger partial charge in [-0.15, -0.1) is 0 Å². The summed E-state index contributed by atoms with van der Waals surface area (Å²) in [6, 6.07) is 0. The van der Waals surface area contributed by atoms with Gasteiger partial charge in [-0.2, -0.15) is 5.10 Å². The molecule has 34 heavy (non-hydrogen) atoms. The highest BCUT2D eigenvalue weighted by molar-refractivity contribution is 6.01. The van der Waals surface area contributed by atoms with Crippen LogP contribution in [0.15, 0.2) is 31.1 Å². The molecule has 0 aliphatic heterocycles. The van der Waals surface area contributed by atoms with Crippen molar-refractivity contribution in [2.75, 3.05) is 17.2 Å². The van der Waals surface area contributed by atoms with Crippen LogP contribution in [0.3, 0.4) is 0 Å². The van der Waals surface area contributed by atoms with E-state index in [0.717, 1.165) is 18.5 Å². The fraction of sp³-hybridized carbons (Fsp3) is 0.381. The maximum Gasteiger partial charge on any atom is 0.418 e. The summed E-state index contributed by atoms with van der Waals surface area (Å²) >= 11 is 0. The predicted octanol–water partition coefficient (Wildman–Crippen LogP) is 1.73. The van der Waals surface area contributed by atoms with Gasteiger partial charge in [0.25, 0.3) is 11.8 Å². The molecule has 3 heterocycles. The molecule has 1 aliphatic rings. The van der Waals surface area contributed by atoms with Crippen LogP contribution in [0.5, 0.6) is 5.88 Å². The molecule has 0 spiro atoms. The van der Waals surface area contributed by atoms with Crippen molar-refractivity contribution in [2.24, 2.45) is 7.05 Å². The Morgan fingerprint density at radius 1 is 1.21 bits per heavy atom. The number of nitrogens with one attached hydrogen (secondary N) is 3. The smallest absolute Gasteiger partial charge is 0.389 e. The van der Waals surface area contributed by atoms with Gasteiger partial charge in [-0.3, -0.25) is 14.8 Å². The van der Waals surface area contributed by atoms with Gasteiger partial charge in [-0.1, -0.05) is 0 Å². The lowest BCUT2D eigenvalue weighted by atomic mass is 10.1. The predicted molar refractivity (Wildman–Crippen MR) is 121 cm³/mol. The largest absolute Gasteiger partial charge is 0.418 e. The molecule has 0 aromatic carbocycles. The number of aliphatic hydroxyl groups is 1. The quantitative estimate of drug-likeness (QED) is 0.383. The molecule has 4 rings (SSSR count). The average molecular weight is 467 g/mol. The third kappa shape index (κ3) is 5.81. The molecule has 0 atom stereocenters. The lowest BCUT2D eigenvalue weighted by molar-refractivity contribution is 0.0690. The summed E-state index contributed by atoms with van der Waals surface area (Å²) in [6.45, 7) is 3.15. The van der Waals surface area contributed by atoms with E-state index in [0.29, 0.717) is 5.69 Å². The molecular weight excluding hydrogens is 442 g/mol. The normalized spacial score (nSPS) is 13.3. The van der Waals surface area contributed by atoms with Crippen molar-refractivity contribution in [3.8, 4) is 5.88 Å². The standard InChI is InChI=1S/C21H25N9O4/c1-21(2,33)10-25-18(31)16-15(9-26-30(16)3)29-20(32)34-19-17(27-13-6-22-11-23-7-13)24-8-14(28-19)12-4-5-12/h6-9,11-12,33H,4-5,10H2,1-3H3,(H,24,27)(H,25,31)(H,29,32). The Balaban J connectivity index is 1.51. The highest BCUT2D eigenvalue weighted by atomic mass is 16.6. The van der Waals surface area contributed by atoms with Crippen LogP contribution < -0.4 is 20.7 Å². The van der Waals surface area contributed by atoms with E-state index in [9.17, 15) is 14.7 Å². The molecule has 3 aromatic heterocycles. The number of nitrogens with zero attached hydrogens (tertiary/aromatic N) is 6. The Morgan fingerprint density at radius 2 is 1.94 bits per heavy atom. The molecule has 1 aliphatic carbocycles. The summed E-state index contributed by atoms with van der Waals surface area (Å²) in [4.78, 5) is 42.0. The van der Waals surface area contributed by atoms with Crippen molar-refractivity contribution in [1.29, 1.82) is 0 Å². The third-order valence-corrected chi connectivity index (χ3v) is 4.84. The van der Waals surface area contributed by atoms with Crippen molar-refractivity contribution >= 4 is 29.2 Å². The third-order valence-electron chi connectivity index (χ3n) is 4.84. The topological polar surface area (TPSA) is 169 Å². The molecule has 2 amide bonds. The van der Waals surface area contributed by atoms with Crippen molar-refractivity contribution < 1.29 is 19.4 Å². The summed E-state index contributed by atoms with van der Waals surface area (Å²) in [5, 5.41) is 22.0. The number of carbonyl (C=O) groups excluding carboxylic acids is 2. The summed E-state index contributed by atoms with van der Waals surface area (Å²) in [7, 11) is 1.56. The van der Waals surface area contributed by atoms with Gasteiger partial charge in [-0.05, 0) is 26.7 Å². The van der Waals surface area contributed by atoms with Gasteiger partial charge >= 0.3 is 6.09 Å². The molecule has 13 heteroatoms.